The van der Waals surface area contributed by atoms with Gasteiger partial charge in [-0.25, -0.2) is 13.6 Å². The van der Waals surface area contributed by atoms with Crippen molar-refractivity contribution in [1.29, 1.82) is 0 Å². The molecule has 2 rings (SSSR count). The molecular formula is C14H17ClN2O5S. The van der Waals surface area contributed by atoms with Gasteiger partial charge in [-0.1, -0.05) is 23.7 Å². The molecule has 126 valence electrons. The summed E-state index contributed by atoms with van der Waals surface area (Å²) in [5.74, 6) is -2.05. The number of carboxylic acids is 1. The fourth-order valence-electron chi connectivity index (χ4n) is 2.81. The van der Waals surface area contributed by atoms with Gasteiger partial charge in [0.05, 0.1) is 18.2 Å². The van der Waals surface area contributed by atoms with Crippen molar-refractivity contribution in [1.82, 2.24) is 4.90 Å². The number of halogens is 1. The topological polar surface area (TPSA) is 118 Å². The number of amides is 1. The fraction of sp³-hybridized carbons (Fsp3) is 0.429. The summed E-state index contributed by atoms with van der Waals surface area (Å²) >= 11 is 5.83. The van der Waals surface area contributed by atoms with Gasteiger partial charge in [-0.2, -0.15) is 0 Å². The third-order valence-corrected chi connectivity index (χ3v) is 4.89. The number of carboxylic acid groups (broad SMARTS) is 1. The molecule has 1 heterocycles. The Labute approximate surface area is 139 Å². The number of hydrogen-bond donors (Lipinski definition) is 2. The van der Waals surface area contributed by atoms with E-state index in [1.807, 2.05) is 0 Å². The van der Waals surface area contributed by atoms with E-state index in [0.29, 0.717) is 10.6 Å². The van der Waals surface area contributed by atoms with Gasteiger partial charge in [0.25, 0.3) is 0 Å². The van der Waals surface area contributed by atoms with Crippen LogP contribution in [0.15, 0.2) is 24.3 Å². The van der Waals surface area contributed by atoms with E-state index in [4.69, 9.17) is 21.8 Å². The average Bonchev–Trinajstić information content (AvgIpc) is 2.75. The number of primary sulfonamides is 1. The van der Waals surface area contributed by atoms with Crippen molar-refractivity contribution in [2.24, 2.45) is 11.1 Å². The van der Waals surface area contributed by atoms with Crippen LogP contribution in [0.2, 0.25) is 5.02 Å². The van der Waals surface area contributed by atoms with Crippen LogP contribution in [0.4, 0.5) is 0 Å². The first-order valence-electron chi connectivity index (χ1n) is 6.93. The van der Waals surface area contributed by atoms with Gasteiger partial charge in [-0.05, 0) is 17.7 Å². The molecule has 1 saturated heterocycles. The summed E-state index contributed by atoms with van der Waals surface area (Å²) in [5, 5.41) is 14.6. The quantitative estimate of drug-likeness (QED) is 0.784. The second-order valence-electron chi connectivity index (χ2n) is 5.61. The summed E-state index contributed by atoms with van der Waals surface area (Å²) in [4.78, 5) is 24.8. The molecule has 2 atom stereocenters. The number of benzene rings is 1. The summed E-state index contributed by atoms with van der Waals surface area (Å²) in [6.07, 6.45) is -0.227. The SMILES string of the molecule is NS(=O)(=O)CC1CC(=O)N(C(CC(=O)O)c2ccc(Cl)cc2)C1. The summed E-state index contributed by atoms with van der Waals surface area (Å²) in [6, 6.07) is 5.90. The number of aliphatic carboxylic acids is 1. The lowest BCUT2D eigenvalue weighted by atomic mass is 10.0. The van der Waals surface area contributed by atoms with Crippen LogP contribution in [0.25, 0.3) is 0 Å². The first kappa shape index (κ1) is 17.7. The molecule has 0 radical (unpaired) electrons. The molecule has 0 spiro atoms. The third kappa shape index (κ3) is 4.92. The molecule has 7 nitrogen and oxygen atoms in total. The highest BCUT2D eigenvalue weighted by Crippen LogP contribution is 2.32. The van der Waals surface area contributed by atoms with E-state index in [1.54, 1.807) is 24.3 Å². The van der Waals surface area contributed by atoms with Crippen LogP contribution in [0, 0.1) is 5.92 Å². The Morgan fingerprint density at radius 1 is 1.39 bits per heavy atom. The van der Waals surface area contributed by atoms with Crippen molar-refractivity contribution in [2.75, 3.05) is 12.3 Å². The second-order valence-corrected chi connectivity index (χ2v) is 7.71. The zero-order chi connectivity index (χ0) is 17.2. The van der Waals surface area contributed by atoms with Gasteiger partial charge in [0.2, 0.25) is 15.9 Å². The maximum Gasteiger partial charge on any atom is 0.305 e. The summed E-state index contributed by atoms with van der Waals surface area (Å²) < 4.78 is 22.4. The highest BCUT2D eigenvalue weighted by Gasteiger charge is 2.37. The van der Waals surface area contributed by atoms with Crippen LogP contribution in [0.1, 0.15) is 24.4 Å². The molecule has 0 saturated carbocycles. The number of carbonyl (C=O) groups is 2. The van der Waals surface area contributed by atoms with Gasteiger partial charge in [0, 0.05) is 23.9 Å². The Morgan fingerprint density at radius 2 is 2.00 bits per heavy atom. The monoisotopic (exact) mass is 360 g/mol. The maximum absolute atomic E-state index is 12.2. The molecule has 0 aromatic heterocycles. The molecule has 1 aliphatic rings. The molecule has 9 heteroatoms. The Kier molecular flexibility index (Phi) is 5.28. The molecule has 1 amide bonds. The summed E-state index contributed by atoms with van der Waals surface area (Å²) in [5.41, 5.74) is 0.640. The minimum atomic E-state index is -3.69. The molecular weight excluding hydrogens is 344 g/mol. The van der Waals surface area contributed by atoms with E-state index in [1.165, 1.54) is 4.90 Å². The van der Waals surface area contributed by atoms with Crippen LogP contribution in [0.5, 0.6) is 0 Å². The number of nitrogens with two attached hydrogens (primary N) is 1. The van der Waals surface area contributed by atoms with E-state index in [0.717, 1.165) is 0 Å². The Hall–Kier alpha value is -1.64. The number of likely N-dealkylation sites (tertiary alicyclic amines) is 1. The normalized spacial score (nSPS) is 19.8. The van der Waals surface area contributed by atoms with Crippen LogP contribution in [-0.4, -0.2) is 42.6 Å². The molecule has 1 aromatic carbocycles. The first-order chi connectivity index (χ1) is 10.7. The van der Waals surface area contributed by atoms with Crippen LogP contribution < -0.4 is 5.14 Å². The average molecular weight is 361 g/mol. The van der Waals surface area contributed by atoms with E-state index in [9.17, 15) is 18.0 Å². The minimum absolute atomic E-state index is 0.0418. The van der Waals surface area contributed by atoms with Crippen molar-refractivity contribution >= 4 is 33.5 Å². The zero-order valence-corrected chi connectivity index (χ0v) is 13.8. The molecule has 23 heavy (non-hydrogen) atoms. The zero-order valence-electron chi connectivity index (χ0n) is 12.2. The lowest BCUT2D eigenvalue weighted by Crippen LogP contribution is -2.32. The predicted octanol–water partition coefficient (Wildman–Crippen LogP) is 0.993. The van der Waals surface area contributed by atoms with E-state index in [-0.39, 0.29) is 31.0 Å². The number of sulfonamides is 1. The highest BCUT2D eigenvalue weighted by molar-refractivity contribution is 7.89. The molecule has 1 fully saturated rings. The maximum atomic E-state index is 12.2. The van der Waals surface area contributed by atoms with E-state index in [2.05, 4.69) is 0 Å². The van der Waals surface area contributed by atoms with Gasteiger partial charge in [-0.15, -0.1) is 0 Å². The van der Waals surface area contributed by atoms with Crippen molar-refractivity contribution in [3.05, 3.63) is 34.9 Å². The molecule has 3 N–H and O–H groups in total. The second kappa shape index (κ2) is 6.86. The third-order valence-electron chi connectivity index (χ3n) is 3.71. The largest absolute Gasteiger partial charge is 0.481 e. The van der Waals surface area contributed by atoms with Gasteiger partial charge >= 0.3 is 5.97 Å². The van der Waals surface area contributed by atoms with Gasteiger partial charge in [-0.3, -0.25) is 9.59 Å². The van der Waals surface area contributed by atoms with Crippen molar-refractivity contribution in [2.45, 2.75) is 18.9 Å². The highest BCUT2D eigenvalue weighted by atomic mass is 35.5. The summed E-state index contributed by atoms with van der Waals surface area (Å²) in [6.45, 7) is 0.163. The van der Waals surface area contributed by atoms with Gasteiger partial charge in [0.1, 0.15) is 0 Å². The summed E-state index contributed by atoms with van der Waals surface area (Å²) in [7, 11) is -3.69. The minimum Gasteiger partial charge on any atom is -0.481 e. The molecule has 0 bridgehead atoms. The lowest BCUT2D eigenvalue weighted by molar-refractivity contribution is -0.139. The van der Waals surface area contributed by atoms with Gasteiger partial charge < -0.3 is 10.0 Å². The fourth-order valence-corrected chi connectivity index (χ4v) is 3.81. The Balaban J connectivity index is 2.23. The van der Waals surface area contributed by atoms with Crippen LogP contribution >= 0.6 is 11.6 Å². The predicted molar refractivity (Wildman–Crippen MR) is 84.2 cm³/mol. The number of hydrogen-bond acceptors (Lipinski definition) is 4. The van der Waals surface area contributed by atoms with Crippen molar-refractivity contribution < 1.29 is 23.1 Å². The Bertz CT molecular complexity index is 704. The smallest absolute Gasteiger partial charge is 0.305 e. The van der Waals surface area contributed by atoms with Gasteiger partial charge in [0.15, 0.2) is 0 Å². The van der Waals surface area contributed by atoms with Crippen LogP contribution in [-0.2, 0) is 19.6 Å². The number of rotatable bonds is 6. The standard InChI is InChI=1S/C14H17ClN2O5S/c15-11-3-1-10(2-4-11)12(6-14(19)20)17-7-9(5-13(17)18)8-23(16,21)22/h1-4,9,12H,5-8H2,(H,19,20)(H2,16,21,22). The van der Waals surface area contributed by atoms with Crippen LogP contribution in [0.3, 0.4) is 0 Å². The lowest BCUT2D eigenvalue weighted by Gasteiger charge is -2.27. The Morgan fingerprint density at radius 3 is 2.52 bits per heavy atom. The molecule has 0 aliphatic carbocycles. The van der Waals surface area contributed by atoms with Crippen molar-refractivity contribution in [3.63, 3.8) is 0 Å². The molecule has 1 aliphatic heterocycles. The number of carbonyl (C=O) groups excluding carboxylic acids is 1. The van der Waals surface area contributed by atoms with E-state index < -0.39 is 28.0 Å². The molecule has 2 unspecified atom stereocenters. The molecule has 1 aromatic rings. The van der Waals surface area contributed by atoms with Crippen molar-refractivity contribution in [3.8, 4) is 0 Å². The number of nitrogens with zero attached hydrogens (tertiary/aromatic N) is 1. The van der Waals surface area contributed by atoms with E-state index >= 15 is 0 Å². The first-order valence-corrected chi connectivity index (χ1v) is 9.02.